The Morgan fingerprint density at radius 2 is 1.79 bits per heavy atom. The molecule has 1 aromatic heterocycles. The van der Waals surface area contributed by atoms with Crippen LogP contribution in [0.5, 0.6) is 0 Å². The first-order valence-corrected chi connectivity index (χ1v) is 10.2. The van der Waals surface area contributed by atoms with Crippen LogP contribution in [-0.2, 0) is 22.5 Å². The first-order chi connectivity index (χ1) is 13.6. The quantitative estimate of drug-likeness (QED) is 0.559. The minimum atomic E-state index is 0.0953. The Morgan fingerprint density at radius 1 is 1.07 bits per heavy atom. The minimum Gasteiger partial charge on any atom is -0.383 e. The summed E-state index contributed by atoms with van der Waals surface area (Å²) in [6.45, 7) is 5.73. The molecular formula is C23H26N2O2S. The highest BCUT2D eigenvalue weighted by Crippen LogP contribution is 2.29. The maximum absolute atomic E-state index is 13.1. The topological polar surface area (TPSA) is 42.4 Å². The summed E-state index contributed by atoms with van der Waals surface area (Å²) in [6, 6.07) is 18.4. The monoisotopic (exact) mass is 394 g/mol. The third-order valence-electron chi connectivity index (χ3n) is 4.58. The number of methoxy groups -OCH3 is 1. The van der Waals surface area contributed by atoms with E-state index < -0.39 is 0 Å². The fourth-order valence-corrected chi connectivity index (χ4v) is 4.02. The summed E-state index contributed by atoms with van der Waals surface area (Å²) in [6.07, 6.45) is 0.352. The SMILES string of the molecule is COCCN(Cc1ccccc1)C(=O)Cc1sc(C)nc1-c1ccc(C)cc1. The molecule has 0 saturated heterocycles. The lowest BCUT2D eigenvalue weighted by Crippen LogP contribution is -2.34. The van der Waals surface area contributed by atoms with Gasteiger partial charge in [-0.1, -0.05) is 60.2 Å². The van der Waals surface area contributed by atoms with Crippen LogP contribution in [0.15, 0.2) is 54.6 Å². The lowest BCUT2D eigenvalue weighted by molar-refractivity contribution is -0.131. The van der Waals surface area contributed by atoms with Crippen molar-refractivity contribution in [1.29, 1.82) is 0 Å². The van der Waals surface area contributed by atoms with Gasteiger partial charge in [-0.15, -0.1) is 11.3 Å². The number of nitrogens with zero attached hydrogens (tertiary/aromatic N) is 2. The number of thiazole rings is 1. The van der Waals surface area contributed by atoms with E-state index >= 15 is 0 Å². The minimum absolute atomic E-state index is 0.0953. The van der Waals surface area contributed by atoms with Crippen LogP contribution >= 0.6 is 11.3 Å². The van der Waals surface area contributed by atoms with Gasteiger partial charge >= 0.3 is 0 Å². The molecule has 1 amide bonds. The zero-order valence-corrected chi connectivity index (χ0v) is 17.5. The number of hydrogen-bond acceptors (Lipinski definition) is 4. The predicted molar refractivity (Wildman–Crippen MR) is 114 cm³/mol. The average molecular weight is 395 g/mol. The molecule has 0 atom stereocenters. The van der Waals surface area contributed by atoms with Crippen LogP contribution in [0, 0.1) is 13.8 Å². The fourth-order valence-electron chi connectivity index (χ4n) is 3.07. The van der Waals surface area contributed by atoms with Crippen LogP contribution in [0.25, 0.3) is 11.3 Å². The predicted octanol–water partition coefficient (Wildman–Crippen LogP) is 4.64. The van der Waals surface area contributed by atoms with Crippen LogP contribution in [0.4, 0.5) is 0 Å². The van der Waals surface area contributed by atoms with E-state index in [0.29, 0.717) is 26.1 Å². The number of benzene rings is 2. The van der Waals surface area contributed by atoms with Gasteiger partial charge in [0.25, 0.3) is 0 Å². The van der Waals surface area contributed by atoms with Crippen molar-refractivity contribution in [2.45, 2.75) is 26.8 Å². The van der Waals surface area contributed by atoms with E-state index in [1.54, 1.807) is 18.4 Å². The summed E-state index contributed by atoms with van der Waals surface area (Å²) < 4.78 is 5.22. The molecule has 1 heterocycles. The Balaban J connectivity index is 1.80. The number of amides is 1. The lowest BCUT2D eigenvalue weighted by Gasteiger charge is -2.22. The van der Waals surface area contributed by atoms with Gasteiger partial charge in [0.15, 0.2) is 0 Å². The van der Waals surface area contributed by atoms with Crippen LogP contribution in [-0.4, -0.2) is 36.1 Å². The number of aryl methyl sites for hydroxylation is 2. The number of carbonyl (C=O) groups excluding carboxylic acids is 1. The van der Waals surface area contributed by atoms with Gasteiger partial charge in [-0.05, 0) is 19.4 Å². The zero-order chi connectivity index (χ0) is 19.9. The average Bonchev–Trinajstić information content (AvgIpc) is 3.06. The van der Waals surface area contributed by atoms with Gasteiger partial charge in [0.2, 0.25) is 5.91 Å². The van der Waals surface area contributed by atoms with Gasteiger partial charge in [0, 0.05) is 30.6 Å². The number of rotatable bonds is 8. The Bertz CT molecular complexity index is 904. The van der Waals surface area contributed by atoms with Gasteiger partial charge in [-0.25, -0.2) is 4.98 Å². The van der Waals surface area contributed by atoms with Gasteiger partial charge in [-0.3, -0.25) is 4.79 Å². The number of hydrogen-bond donors (Lipinski definition) is 0. The van der Waals surface area contributed by atoms with Gasteiger partial charge < -0.3 is 9.64 Å². The number of ether oxygens (including phenoxy) is 1. The van der Waals surface area contributed by atoms with Crippen LogP contribution in [0.2, 0.25) is 0 Å². The molecule has 2 aromatic carbocycles. The second kappa shape index (κ2) is 9.62. The molecule has 0 aliphatic carbocycles. The van der Waals surface area contributed by atoms with Crippen molar-refractivity contribution >= 4 is 17.2 Å². The van der Waals surface area contributed by atoms with E-state index in [0.717, 1.165) is 26.7 Å². The Kier molecular flexibility index (Phi) is 6.95. The summed E-state index contributed by atoms with van der Waals surface area (Å²) >= 11 is 1.60. The van der Waals surface area contributed by atoms with E-state index in [1.165, 1.54) is 5.56 Å². The number of aromatic nitrogens is 1. The van der Waals surface area contributed by atoms with E-state index in [1.807, 2.05) is 42.2 Å². The smallest absolute Gasteiger partial charge is 0.228 e. The fraction of sp³-hybridized carbons (Fsp3) is 0.304. The standard InChI is InChI=1S/C23H26N2O2S/c1-17-9-11-20(12-10-17)23-21(28-18(2)24-23)15-22(26)25(13-14-27-3)16-19-7-5-4-6-8-19/h4-12H,13-16H2,1-3H3. The molecular weight excluding hydrogens is 368 g/mol. The Hall–Kier alpha value is -2.50. The molecule has 0 aliphatic rings. The van der Waals surface area contributed by atoms with Crippen LogP contribution < -0.4 is 0 Å². The zero-order valence-electron chi connectivity index (χ0n) is 16.6. The summed E-state index contributed by atoms with van der Waals surface area (Å²) in [7, 11) is 1.66. The summed E-state index contributed by atoms with van der Waals surface area (Å²) in [4.78, 5) is 20.7. The molecule has 4 nitrogen and oxygen atoms in total. The second-order valence-electron chi connectivity index (χ2n) is 6.84. The summed E-state index contributed by atoms with van der Waals surface area (Å²) in [5.41, 5.74) is 4.31. The highest BCUT2D eigenvalue weighted by molar-refractivity contribution is 7.12. The van der Waals surface area contributed by atoms with Crippen molar-refractivity contribution in [1.82, 2.24) is 9.88 Å². The molecule has 3 rings (SSSR count). The van der Waals surface area contributed by atoms with Gasteiger partial charge in [0.1, 0.15) is 0 Å². The van der Waals surface area contributed by atoms with E-state index in [4.69, 9.17) is 9.72 Å². The normalized spacial score (nSPS) is 10.8. The molecule has 0 radical (unpaired) electrons. The highest BCUT2D eigenvalue weighted by Gasteiger charge is 2.19. The van der Waals surface area contributed by atoms with Crippen LogP contribution in [0.3, 0.4) is 0 Å². The largest absolute Gasteiger partial charge is 0.383 e. The third-order valence-corrected chi connectivity index (χ3v) is 5.55. The van der Waals surface area contributed by atoms with Crippen molar-refractivity contribution in [2.75, 3.05) is 20.3 Å². The summed E-state index contributed by atoms with van der Waals surface area (Å²) in [5.74, 6) is 0.0953. The molecule has 0 bridgehead atoms. The van der Waals surface area contributed by atoms with Crippen molar-refractivity contribution in [3.8, 4) is 11.3 Å². The first-order valence-electron chi connectivity index (χ1n) is 9.41. The Labute approximate surface area is 170 Å². The molecule has 0 N–H and O–H groups in total. The molecule has 28 heavy (non-hydrogen) atoms. The highest BCUT2D eigenvalue weighted by atomic mass is 32.1. The molecule has 0 aliphatic heterocycles. The second-order valence-corrected chi connectivity index (χ2v) is 8.13. The van der Waals surface area contributed by atoms with Crippen LogP contribution in [0.1, 0.15) is 21.0 Å². The van der Waals surface area contributed by atoms with Gasteiger partial charge in [-0.2, -0.15) is 0 Å². The molecule has 0 saturated carbocycles. The molecule has 3 aromatic rings. The van der Waals surface area contributed by atoms with Crippen molar-refractivity contribution in [3.63, 3.8) is 0 Å². The first kappa shape index (κ1) is 20.2. The van der Waals surface area contributed by atoms with E-state index in [9.17, 15) is 4.79 Å². The molecule has 5 heteroatoms. The molecule has 0 fully saturated rings. The van der Waals surface area contributed by atoms with E-state index in [2.05, 4.69) is 31.2 Å². The lowest BCUT2D eigenvalue weighted by atomic mass is 10.1. The van der Waals surface area contributed by atoms with Crippen molar-refractivity contribution in [2.24, 2.45) is 0 Å². The maximum Gasteiger partial charge on any atom is 0.228 e. The van der Waals surface area contributed by atoms with Crippen molar-refractivity contribution < 1.29 is 9.53 Å². The van der Waals surface area contributed by atoms with E-state index in [-0.39, 0.29) is 5.91 Å². The molecule has 0 spiro atoms. The molecule has 0 unspecified atom stereocenters. The third kappa shape index (κ3) is 5.27. The Morgan fingerprint density at radius 3 is 2.46 bits per heavy atom. The maximum atomic E-state index is 13.1. The molecule has 146 valence electrons. The van der Waals surface area contributed by atoms with Gasteiger partial charge in [0.05, 0.1) is 23.7 Å². The summed E-state index contributed by atoms with van der Waals surface area (Å²) in [5, 5.41) is 0.977. The van der Waals surface area contributed by atoms with Crippen molar-refractivity contribution in [3.05, 3.63) is 75.6 Å². The number of carbonyl (C=O) groups is 1.